The molecule has 96 valence electrons. The predicted molar refractivity (Wildman–Crippen MR) is 69.5 cm³/mol. The Kier molecular flexibility index (Phi) is 4.10. The van der Waals surface area contributed by atoms with E-state index in [1.807, 2.05) is 12.1 Å². The zero-order valence-electron chi connectivity index (χ0n) is 11.4. The molecule has 0 aliphatic heterocycles. The second-order valence-corrected chi connectivity index (χ2v) is 4.79. The third-order valence-electron chi connectivity index (χ3n) is 2.18. The van der Waals surface area contributed by atoms with Gasteiger partial charge in [0.2, 0.25) is 5.75 Å². The highest BCUT2D eigenvalue weighted by molar-refractivity contribution is 5.63. The molecule has 0 saturated carbocycles. The van der Waals surface area contributed by atoms with Crippen LogP contribution in [-0.4, -0.2) is 26.9 Å². The SMILES string of the molecule is COc1cc(NC(C)(C)C)cc(OC)c1OC. The van der Waals surface area contributed by atoms with E-state index < -0.39 is 0 Å². The Morgan fingerprint density at radius 3 is 1.65 bits per heavy atom. The standard InChI is InChI=1S/C13H21NO3/c1-13(2,3)14-9-7-10(15-4)12(17-6)11(8-9)16-5/h7-8,14H,1-6H3. The molecule has 0 spiro atoms. The first kappa shape index (κ1) is 13.5. The monoisotopic (exact) mass is 239 g/mol. The van der Waals surface area contributed by atoms with E-state index in [1.165, 1.54) is 0 Å². The smallest absolute Gasteiger partial charge is 0.203 e. The minimum Gasteiger partial charge on any atom is -0.493 e. The van der Waals surface area contributed by atoms with Gasteiger partial charge in [0.15, 0.2) is 11.5 Å². The Morgan fingerprint density at radius 1 is 0.882 bits per heavy atom. The summed E-state index contributed by atoms with van der Waals surface area (Å²) in [5.41, 5.74) is 0.914. The Hall–Kier alpha value is -1.58. The first-order valence-corrected chi connectivity index (χ1v) is 5.49. The fourth-order valence-electron chi connectivity index (χ4n) is 1.59. The molecule has 4 heteroatoms. The molecule has 0 atom stereocenters. The molecule has 0 unspecified atom stereocenters. The van der Waals surface area contributed by atoms with Crippen LogP contribution in [0, 0.1) is 0 Å². The normalized spacial score (nSPS) is 10.9. The average Bonchev–Trinajstić information content (AvgIpc) is 2.25. The summed E-state index contributed by atoms with van der Waals surface area (Å²) in [4.78, 5) is 0. The molecule has 4 nitrogen and oxygen atoms in total. The van der Waals surface area contributed by atoms with Crippen molar-refractivity contribution in [2.45, 2.75) is 26.3 Å². The number of nitrogens with one attached hydrogen (secondary N) is 1. The molecule has 0 fully saturated rings. The van der Waals surface area contributed by atoms with E-state index in [-0.39, 0.29) is 5.54 Å². The average molecular weight is 239 g/mol. The summed E-state index contributed by atoms with van der Waals surface area (Å²) in [7, 11) is 4.81. The number of methoxy groups -OCH3 is 3. The quantitative estimate of drug-likeness (QED) is 0.877. The molecule has 0 heterocycles. The fraction of sp³-hybridized carbons (Fsp3) is 0.538. The Balaban J connectivity index is 3.18. The predicted octanol–water partition coefficient (Wildman–Crippen LogP) is 2.92. The molecule has 0 amide bonds. The number of ether oxygens (including phenoxy) is 3. The van der Waals surface area contributed by atoms with E-state index >= 15 is 0 Å². The third-order valence-corrected chi connectivity index (χ3v) is 2.18. The van der Waals surface area contributed by atoms with Gasteiger partial charge in [0.1, 0.15) is 0 Å². The van der Waals surface area contributed by atoms with Crippen molar-refractivity contribution >= 4 is 5.69 Å². The summed E-state index contributed by atoms with van der Waals surface area (Å²) in [6.45, 7) is 6.28. The highest BCUT2D eigenvalue weighted by atomic mass is 16.5. The molecule has 0 aliphatic rings. The van der Waals surface area contributed by atoms with E-state index in [0.717, 1.165) is 5.69 Å². The molecule has 0 aromatic heterocycles. The zero-order chi connectivity index (χ0) is 13.1. The van der Waals surface area contributed by atoms with Gasteiger partial charge in [-0.1, -0.05) is 0 Å². The van der Waals surface area contributed by atoms with Crippen LogP contribution in [0.5, 0.6) is 17.2 Å². The van der Waals surface area contributed by atoms with Crippen molar-refractivity contribution in [3.8, 4) is 17.2 Å². The molecular weight excluding hydrogens is 218 g/mol. The maximum absolute atomic E-state index is 5.29. The van der Waals surface area contributed by atoms with E-state index in [9.17, 15) is 0 Å². The highest BCUT2D eigenvalue weighted by Gasteiger charge is 2.16. The van der Waals surface area contributed by atoms with Crippen LogP contribution < -0.4 is 19.5 Å². The topological polar surface area (TPSA) is 39.7 Å². The van der Waals surface area contributed by atoms with Crippen LogP contribution in [0.2, 0.25) is 0 Å². The Labute approximate surface area is 103 Å². The van der Waals surface area contributed by atoms with Crippen LogP contribution in [-0.2, 0) is 0 Å². The number of anilines is 1. The highest BCUT2D eigenvalue weighted by Crippen LogP contribution is 2.40. The zero-order valence-corrected chi connectivity index (χ0v) is 11.4. The van der Waals surface area contributed by atoms with Crippen LogP contribution >= 0.6 is 0 Å². The molecule has 17 heavy (non-hydrogen) atoms. The molecule has 0 bridgehead atoms. The van der Waals surface area contributed by atoms with Crippen molar-refractivity contribution in [3.63, 3.8) is 0 Å². The second-order valence-electron chi connectivity index (χ2n) is 4.79. The maximum Gasteiger partial charge on any atom is 0.203 e. The van der Waals surface area contributed by atoms with Gasteiger partial charge in [0.05, 0.1) is 21.3 Å². The lowest BCUT2D eigenvalue weighted by molar-refractivity contribution is 0.324. The number of benzene rings is 1. The molecule has 0 saturated heterocycles. The van der Waals surface area contributed by atoms with E-state index in [2.05, 4.69) is 26.1 Å². The van der Waals surface area contributed by atoms with Crippen LogP contribution in [0.25, 0.3) is 0 Å². The third kappa shape index (κ3) is 3.44. The minimum atomic E-state index is -0.0232. The lowest BCUT2D eigenvalue weighted by Gasteiger charge is -2.23. The molecule has 1 aromatic carbocycles. The minimum absolute atomic E-state index is 0.0232. The lowest BCUT2D eigenvalue weighted by Crippen LogP contribution is -2.26. The molecule has 0 radical (unpaired) electrons. The van der Waals surface area contributed by atoms with Crippen LogP contribution in [0.15, 0.2) is 12.1 Å². The number of hydrogen-bond acceptors (Lipinski definition) is 4. The van der Waals surface area contributed by atoms with Gasteiger partial charge in [-0.25, -0.2) is 0 Å². The van der Waals surface area contributed by atoms with Gasteiger partial charge in [0, 0.05) is 23.4 Å². The number of rotatable bonds is 4. The van der Waals surface area contributed by atoms with Gasteiger partial charge < -0.3 is 19.5 Å². The van der Waals surface area contributed by atoms with Crippen molar-refractivity contribution in [1.82, 2.24) is 0 Å². The summed E-state index contributed by atoms with van der Waals surface area (Å²) < 4.78 is 15.8. The van der Waals surface area contributed by atoms with Crippen molar-refractivity contribution in [1.29, 1.82) is 0 Å². The molecule has 0 aliphatic carbocycles. The summed E-state index contributed by atoms with van der Waals surface area (Å²) >= 11 is 0. The van der Waals surface area contributed by atoms with Gasteiger partial charge in [-0.05, 0) is 20.8 Å². The van der Waals surface area contributed by atoms with Crippen molar-refractivity contribution < 1.29 is 14.2 Å². The van der Waals surface area contributed by atoms with Crippen LogP contribution in [0.4, 0.5) is 5.69 Å². The Bertz CT molecular complexity index is 358. The van der Waals surface area contributed by atoms with Crippen LogP contribution in [0.3, 0.4) is 0 Å². The molecule has 1 aromatic rings. The molecule has 1 rings (SSSR count). The van der Waals surface area contributed by atoms with Gasteiger partial charge in [0.25, 0.3) is 0 Å². The summed E-state index contributed by atoms with van der Waals surface area (Å²) in [6, 6.07) is 3.79. The Morgan fingerprint density at radius 2 is 1.35 bits per heavy atom. The van der Waals surface area contributed by atoms with Crippen LogP contribution in [0.1, 0.15) is 20.8 Å². The molecule has 1 N–H and O–H groups in total. The van der Waals surface area contributed by atoms with Crippen molar-refractivity contribution in [3.05, 3.63) is 12.1 Å². The second kappa shape index (κ2) is 5.17. The largest absolute Gasteiger partial charge is 0.493 e. The van der Waals surface area contributed by atoms with Gasteiger partial charge in [-0.3, -0.25) is 0 Å². The van der Waals surface area contributed by atoms with Crippen molar-refractivity contribution in [2.24, 2.45) is 0 Å². The summed E-state index contributed by atoms with van der Waals surface area (Å²) in [5.74, 6) is 1.91. The van der Waals surface area contributed by atoms with Gasteiger partial charge in [-0.15, -0.1) is 0 Å². The van der Waals surface area contributed by atoms with Gasteiger partial charge >= 0.3 is 0 Å². The van der Waals surface area contributed by atoms with E-state index in [1.54, 1.807) is 21.3 Å². The first-order valence-electron chi connectivity index (χ1n) is 5.49. The number of hydrogen-bond donors (Lipinski definition) is 1. The van der Waals surface area contributed by atoms with E-state index in [4.69, 9.17) is 14.2 Å². The van der Waals surface area contributed by atoms with Gasteiger partial charge in [-0.2, -0.15) is 0 Å². The summed E-state index contributed by atoms with van der Waals surface area (Å²) in [5, 5.41) is 3.37. The van der Waals surface area contributed by atoms with Crippen molar-refractivity contribution in [2.75, 3.05) is 26.6 Å². The first-order chi connectivity index (χ1) is 7.91. The maximum atomic E-state index is 5.29. The summed E-state index contributed by atoms with van der Waals surface area (Å²) in [6.07, 6.45) is 0. The lowest BCUT2D eigenvalue weighted by atomic mass is 10.1. The van der Waals surface area contributed by atoms with E-state index in [0.29, 0.717) is 17.2 Å². The fourth-order valence-corrected chi connectivity index (χ4v) is 1.59. The molecular formula is C13H21NO3.